The third-order valence-electron chi connectivity index (χ3n) is 6.71. The fraction of sp³-hybridized carbons (Fsp3) is 0.933. The summed E-state index contributed by atoms with van der Waals surface area (Å²) in [6, 6.07) is 0. The van der Waals surface area contributed by atoms with Gasteiger partial charge in [0.15, 0.2) is 0 Å². The molecule has 0 aromatic heterocycles. The first-order chi connectivity index (χ1) is 17.6. The summed E-state index contributed by atoms with van der Waals surface area (Å²) in [5, 5.41) is 9.36. The second-order valence-corrected chi connectivity index (χ2v) is 10.2. The van der Waals surface area contributed by atoms with E-state index in [4.69, 9.17) is 9.47 Å². The number of esters is 2. The van der Waals surface area contributed by atoms with Gasteiger partial charge < -0.3 is 19.5 Å². The van der Waals surface area contributed by atoms with Gasteiger partial charge in [-0.05, 0) is 45.2 Å². The Balaban J connectivity index is 3.50. The predicted octanol–water partition coefficient (Wildman–Crippen LogP) is 7.21. The lowest BCUT2D eigenvalue weighted by Gasteiger charge is -2.21. The molecule has 0 aliphatic heterocycles. The van der Waals surface area contributed by atoms with Gasteiger partial charge in [-0.25, -0.2) is 0 Å². The standard InChI is InChI=1S/C30H59NO5/c1-3-4-5-6-9-16-21-28-36-30(34)22-17-12-11-14-19-24-31(25-26-32)23-18-13-8-7-10-15-20-27-35-29(2)33/h32H,3-28H2,1-2H3. The Morgan fingerprint density at radius 1 is 0.583 bits per heavy atom. The van der Waals surface area contributed by atoms with Crippen molar-refractivity contribution in [2.75, 3.05) is 39.5 Å². The Morgan fingerprint density at radius 2 is 1.03 bits per heavy atom. The molecule has 6 heteroatoms. The highest BCUT2D eigenvalue weighted by Crippen LogP contribution is 2.11. The van der Waals surface area contributed by atoms with Gasteiger partial charge in [0.05, 0.1) is 19.8 Å². The molecule has 0 rings (SSSR count). The van der Waals surface area contributed by atoms with E-state index in [-0.39, 0.29) is 18.5 Å². The first-order valence-electron chi connectivity index (χ1n) is 15.2. The molecule has 0 radical (unpaired) electrons. The lowest BCUT2D eigenvalue weighted by molar-refractivity contribution is -0.144. The predicted molar refractivity (Wildman–Crippen MR) is 149 cm³/mol. The molecule has 0 amide bonds. The zero-order chi connectivity index (χ0) is 26.5. The molecule has 0 saturated carbocycles. The van der Waals surface area contributed by atoms with E-state index < -0.39 is 0 Å². The molecule has 0 spiro atoms. The molecule has 0 atom stereocenters. The number of aliphatic hydroxyl groups is 1. The lowest BCUT2D eigenvalue weighted by atomic mass is 10.1. The zero-order valence-electron chi connectivity index (χ0n) is 23.9. The van der Waals surface area contributed by atoms with Gasteiger partial charge in [0.2, 0.25) is 0 Å². The van der Waals surface area contributed by atoms with E-state index in [0.29, 0.717) is 19.6 Å². The summed E-state index contributed by atoms with van der Waals surface area (Å²) < 4.78 is 10.3. The van der Waals surface area contributed by atoms with Crippen LogP contribution < -0.4 is 0 Å². The number of carbonyl (C=O) groups is 2. The molecule has 0 aromatic carbocycles. The molecular formula is C30H59NO5. The van der Waals surface area contributed by atoms with Crippen LogP contribution in [0.1, 0.15) is 142 Å². The lowest BCUT2D eigenvalue weighted by Crippen LogP contribution is -2.29. The van der Waals surface area contributed by atoms with Crippen LogP contribution in [0, 0.1) is 0 Å². The zero-order valence-corrected chi connectivity index (χ0v) is 23.9. The molecule has 0 saturated heterocycles. The molecule has 0 heterocycles. The van der Waals surface area contributed by atoms with Gasteiger partial charge in [-0.1, -0.05) is 96.8 Å². The maximum Gasteiger partial charge on any atom is 0.305 e. The number of rotatable bonds is 28. The summed E-state index contributed by atoms with van der Waals surface area (Å²) in [6.07, 6.45) is 23.0. The van der Waals surface area contributed by atoms with Crippen LogP contribution >= 0.6 is 0 Å². The molecule has 6 nitrogen and oxygen atoms in total. The molecular weight excluding hydrogens is 454 g/mol. The van der Waals surface area contributed by atoms with Crippen LogP contribution in [-0.2, 0) is 19.1 Å². The van der Waals surface area contributed by atoms with E-state index in [1.165, 1.54) is 84.0 Å². The van der Waals surface area contributed by atoms with Crippen molar-refractivity contribution in [2.24, 2.45) is 0 Å². The van der Waals surface area contributed by atoms with E-state index in [0.717, 1.165) is 64.6 Å². The van der Waals surface area contributed by atoms with Crippen molar-refractivity contribution in [1.29, 1.82) is 0 Å². The third-order valence-corrected chi connectivity index (χ3v) is 6.71. The quantitative estimate of drug-likeness (QED) is 0.0880. The van der Waals surface area contributed by atoms with Gasteiger partial charge in [0, 0.05) is 19.9 Å². The first-order valence-corrected chi connectivity index (χ1v) is 15.2. The van der Waals surface area contributed by atoms with Gasteiger partial charge in [0.25, 0.3) is 0 Å². The number of aliphatic hydroxyl groups excluding tert-OH is 1. The molecule has 0 fully saturated rings. The molecule has 36 heavy (non-hydrogen) atoms. The fourth-order valence-electron chi connectivity index (χ4n) is 4.47. The van der Waals surface area contributed by atoms with E-state index in [2.05, 4.69) is 11.8 Å². The summed E-state index contributed by atoms with van der Waals surface area (Å²) in [5.74, 6) is -0.217. The number of ether oxygens (including phenoxy) is 2. The van der Waals surface area contributed by atoms with Crippen LogP contribution in [0.15, 0.2) is 0 Å². The molecule has 0 aromatic rings. The van der Waals surface area contributed by atoms with Crippen LogP contribution in [-0.4, -0.2) is 61.4 Å². The van der Waals surface area contributed by atoms with Gasteiger partial charge >= 0.3 is 11.9 Å². The average Bonchev–Trinajstić information content (AvgIpc) is 2.85. The molecule has 0 aliphatic carbocycles. The Labute approximate surface area is 222 Å². The SMILES string of the molecule is CCCCCCCCCOC(=O)CCCCCCCN(CCO)CCCCCCCCCOC(C)=O. The highest BCUT2D eigenvalue weighted by atomic mass is 16.5. The van der Waals surface area contributed by atoms with Gasteiger partial charge in [-0.3, -0.25) is 9.59 Å². The molecule has 0 bridgehead atoms. The first kappa shape index (κ1) is 34.9. The van der Waals surface area contributed by atoms with Crippen molar-refractivity contribution in [1.82, 2.24) is 4.90 Å². The number of nitrogens with zero attached hydrogens (tertiary/aromatic N) is 1. The number of hydrogen-bond acceptors (Lipinski definition) is 6. The highest BCUT2D eigenvalue weighted by Gasteiger charge is 2.05. The van der Waals surface area contributed by atoms with Crippen LogP contribution in [0.5, 0.6) is 0 Å². The second-order valence-electron chi connectivity index (χ2n) is 10.2. The maximum atomic E-state index is 11.8. The Morgan fingerprint density at radius 3 is 1.53 bits per heavy atom. The number of hydrogen-bond donors (Lipinski definition) is 1. The van der Waals surface area contributed by atoms with Gasteiger partial charge in [-0.15, -0.1) is 0 Å². The normalized spacial score (nSPS) is 11.2. The summed E-state index contributed by atoms with van der Waals surface area (Å²) >= 11 is 0. The average molecular weight is 514 g/mol. The molecule has 214 valence electrons. The minimum Gasteiger partial charge on any atom is -0.466 e. The summed E-state index contributed by atoms with van der Waals surface area (Å²) in [7, 11) is 0. The van der Waals surface area contributed by atoms with Crippen molar-refractivity contribution < 1.29 is 24.2 Å². The van der Waals surface area contributed by atoms with Crippen LogP contribution in [0.3, 0.4) is 0 Å². The van der Waals surface area contributed by atoms with Crippen molar-refractivity contribution in [3.05, 3.63) is 0 Å². The molecule has 0 aliphatic rings. The Kier molecular flexibility index (Phi) is 27.5. The smallest absolute Gasteiger partial charge is 0.305 e. The van der Waals surface area contributed by atoms with Gasteiger partial charge in [0.1, 0.15) is 0 Å². The number of carbonyl (C=O) groups excluding carboxylic acids is 2. The van der Waals surface area contributed by atoms with Crippen molar-refractivity contribution in [3.63, 3.8) is 0 Å². The van der Waals surface area contributed by atoms with Crippen molar-refractivity contribution >= 4 is 11.9 Å². The van der Waals surface area contributed by atoms with E-state index >= 15 is 0 Å². The molecule has 1 N–H and O–H groups in total. The largest absolute Gasteiger partial charge is 0.466 e. The minimum atomic E-state index is -0.186. The Hall–Kier alpha value is -1.14. The third kappa shape index (κ3) is 27.4. The van der Waals surface area contributed by atoms with Crippen molar-refractivity contribution in [3.8, 4) is 0 Å². The highest BCUT2D eigenvalue weighted by molar-refractivity contribution is 5.69. The Bertz CT molecular complexity index is 486. The monoisotopic (exact) mass is 513 g/mol. The van der Waals surface area contributed by atoms with Crippen LogP contribution in [0.4, 0.5) is 0 Å². The topological polar surface area (TPSA) is 76.1 Å². The molecule has 0 unspecified atom stereocenters. The van der Waals surface area contributed by atoms with Gasteiger partial charge in [-0.2, -0.15) is 0 Å². The van der Waals surface area contributed by atoms with Crippen LogP contribution in [0.2, 0.25) is 0 Å². The second kappa shape index (κ2) is 28.4. The van der Waals surface area contributed by atoms with Crippen molar-refractivity contribution in [2.45, 2.75) is 142 Å². The summed E-state index contributed by atoms with van der Waals surface area (Å²) in [4.78, 5) is 24.9. The van der Waals surface area contributed by atoms with E-state index in [9.17, 15) is 14.7 Å². The van der Waals surface area contributed by atoms with Crippen LogP contribution in [0.25, 0.3) is 0 Å². The summed E-state index contributed by atoms with van der Waals surface area (Å²) in [6.45, 7) is 7.94. The van der Waals surface area contributed by atoms with E-state index in [1.54, 1.807) is 0 Å². The van der Waals surface area contributed by atoms with E-state index in [1.807, 2.05) is 0 Å². The number of unbranched alkanes of at least 4 members (excludes halogenated alkanes) is 16. The summed E-state index contributed by atoms with van der Waals surface area (Å²) in [5.41, 5.74) is 0. The maximum absolute atomic E-state index is 11.8. The fourth-order valence-corrected chi connectivity index (χ4v) is 4.47. The minimum absolute atomic E-state index is 0.0305.